The van der Waals surface area contributed by atoms with E-state index in [1.807, 2.05) is 18.9 Å². The molecule has 1 unspecified atom stereocenters. The summed E-state index contributed by atoms with van der Waals surface area (Å²) < 4.78 is 0. The number of nitrogens with zero attached hydrogens (tertiary/aromatic N) is 5. The SMILES string of the molecule is Cc1cc(C(=O)NC(CCC(=O)O)C(=O)O)ccc1N(C)Cc1cnc2nc(N)nc(N)c2n1. The highest BCUT2D eigenvalue weighted by Crippen LogP contribution is 2.23. The van der Waals surface area contributed by atoms with Crippen LogP contribution in [0.4, 0.5) is 17.5 Å². The summed E-state index contributed by atoms with van der Waals surface area (Å²) in [6.07, 6.45) is 0.971. The van der Waals surface area contributed by atoms with Crippen molar-refractivity contribution in [2.45, 2.75) is 32.4 Å². The lowest BCUT2D eigenvalue weighted by molar-refractivity contribution is -0.140. The van der Waals surface area contributed by atoms with E-state index in [4.69, 9.17) is 16.6 Å². The van der Waals surface area contributed by atoms with Gasteiger partial charge in [-0.1, -0.05) is 0 Å². The molecule has 178 valence electrons. The first-order valence-electron chi connectivity index (χ1n) is 10.2. The number of carbonyl (C=O) groups is 3. The molecule has 2 heterocycles. The first kappa shape index (κ1) is 24.1. The van der Waals surface area contributed by atoms with E-state index in [1.54, 1.807) is 24.4 Å². The van der Waals surface area contributed by atoms with Crippen molar-refractivity contribution in [3.05, 3.63) is 41.2 Å². The third-order valence-corrected chi connectivity index (χ3v) is 5.02. The Morgan fingerprint density at radius 2 is 1.88 bits per heavy atom. The molecule has 0 aliphatic heterocycles. The Bertz CT molecular complexity index is 1270. The quantitative estimate of drug-likeness (QED) is 0.292. The highest BCUT2D eigenvalue weighted by Gasteiger charge is 2.22. The highest BCUT2D eigenvalue weighted by atomic mass is 16.4. The van der Waals surface area contributed by atoms with Crippen LogP contribution in [0.15, 0.2) is 24.4 Å². The second-order valence-corrected chi connectivity index (χ2v) is 7.65. The maximum atomic E-state index is 12.5. The van der Waals surface area contributed by atoms with Crippen LogP contribution in [-0.4, -0.2) is 61.1 Å². The molecular formula is C21H24N8O5. The lowest BCUT2D eigenvalue weighted by atomic mass is 10.1. The predicted octanol–water partition coefficient (Wildman–Crippen LogP) is 0.577. The van der Waals surface area contributed by atoms with E-state index in [0.29, 0.717) is 23.4 Å². The number of aryl methyl sites for hydroxylation is 1. The van der Waals surface area contributed by atoms with Gasteiger partial charge in [0.15, 0.2) is 17.0 Å². The Hall–Kier alpha value is -4.55. The number of fused-ring (bicyclic) bond motifs is 1. The maximum Gasteiger partial charge on any atom is 0.326 e. The molecule has 3 rings (SSSR count). The van der Waals surface area contributed by atoms with Gasteiger partial charge in [-0.05, 0) is 37.1 Å². The van der Waals surface area contributed by atoms with Gasteiger partial charge in [0.25, 0.3) is 5.91 Å². The van der Waals surface area contributed by atoms with Crippen molar-refractivity contribution in [1.82, 2.24) is 25.3 Å². The van der Waals surface area contributed by atoms with Crippen molar-refractivity contribution in [1.29, 1.82) is 0 Å². The number of carboxylic acids is 2. The van der Waals surface area contributed by atoms with Gasteiger partial charge in [-0.3, -0.25) is 9.59 Å². The third kappa shape index (κ3) is 5.62. The van der Waals surface area contributed by atoms with Crippen LogP contribution in [0.3, 0.4) is 0 Å². The molecule has 1 atom stereocenters. The fourth-order valence-corrected chi connectivity index (χ4v) is 3.38. The number of carboxylic acid groups (broad SMARTS) is 2. The maximum absolute atomic E-state index is 12.5. The summed E-state index contributed by atoms with van der Waals surface area (Å²) in [7, 11) is 1.84. The molecule has 0 saturated carbocycles. The van der Waals surface area contributed by atoms with E-state index in [2.05, 4.69) is 25.3 Å². The number of benzene rings is 1. The number of hydrogen-bond acceptors (Lipinski definition) is 10. The predicted molar refractivity (Wildman–Crippen MR) is 123 cm³/mol. The fraction of sp³-hybridized carbons (Fsp3) is 0.286. The highest BCUT2D eigenvalue weighted by molar-refractivity contribution is 5.97. The van der Waals surface area contributed by atoms with E-state index in [0.717, 1.165) is 11.3 Å². The molecule has 0 radical (unpaired) electrons. The Balaban J connectivity index is 1.74. The lowest BCUT2D eigenvalue weighted by Crippen LogP contribution is -2.41. The van der Waals surface area contributed by atoms with Crippen molar-refractivity contribution in [2.24, 2.45) is 0 Å². The zero-order valence-electron chi connectivity index (χ0n) is 18.5. The minimum Gasteiger partial charge on any atom is -0.481 e. The van der Waals surface area contributed by atoms with E-state index in [1.165, 1.54) is 0 Å². The van der Waals surface area contributed by atoms with Gasteiger partial charge in [0.1, 0.15) is 6.04 Å². The Kier molecular flexibility index (Phi) is 7.04. The van der Waals surface area contributed by atoms with Crippen molar-refractivity contribution in [2.75, 3.05) is 23.4 Å². The average molecular weight is 468 g/mol. The Morgan fingerprint density at radius 1 is 1.15 bits per heavy atom. The van der Waals surface area contributed by atoms with Crippen LogP contribution < -0.4 is 21.7 Å². The van der Waals surface area contributed by atoms with Gasteiger partial charge < -0.3 is 31.9 Å². The summed E-state index contributed by atoms with van der Waals surface area (Å²) in [6.45, 7) is 2.18. The topological polar surface area (TPSA) is 211 Å². The number of nitrogens with two attached hydrogens (primary N) is 2. The second-order valence-electron chi connectivity index (χ2n) is 7.65. The van der Waals surface area contributed by atoms with Gasteiger partial charge in [-0.25, -0.2) is 14.8 Å². The van der Waals surface area contributed by atoms with Gasteiger partial charge in [0.05, 0.1) is 18.4 Å². The molecule has 34 heavy (non-hydrogen) atoms. The first-order chi connectivity index (χ1) is 16.0. The molecule has 2 aromatic heterocycles. The number of hydrogen-bond donors (Lipinski definition) is 5. The van der Waals surface area contributed by atoms with Gasteiger partial charge in [-0.2, -0.15) is 9.97 Å². The van der Waals surface area contributed by atoms with Crippen molar-refractivity contribution >= 4 is 46.5 Å². The number of aliphatic carboxylic acids is 2. The molecule has 0 spiro atoms. The van der Waals surface area contributed by atoms with E-state index >= 15 is 0 Å². The van der Waals surface area contributed by atoms with Crippen LogP contribution >= 0.6 is 0 Å². The van der Waals surface area contributed by atoms with Gasteiger partial charge in [0.2, 0.25) is 5.95 Å². The molecule has 13 heteroatoms. The molecule has 3 aromatic rings. The second kappa shape index (κ2) is 9.94. The number of carbonyl (C=O) groups excluding carboxylic acids is 1. The van der Waals surface area contributed by atoms with E-state index < -0.39 is 23.9 Å². The van der Waals surface area contributed by atoms with Crippen LogP contribution in [-0.2, 0) is 16.1 Å². The molecule has 1 aromatic carbocycles. The lowest BCUT2D eigenvalue weighted by Gasteiger charge is -2.22. The normalized spacial score (nSPS) is 11.7. The molecule has 0 aliphatic rings. The van der Waals surface area contributed by atoms with E-state index in [-0.39, 0.29) is 30.2 Å². The molecule has 1 amide bonds. The Morgan fingerprint density at radius 3 is 2.53 bits per heavy atom. The first-order valence-corrected chi connectivity index (χ1v) is 10.2. The number of rotatable bonds is 9. The zero-order chi connectivity index (χ0) is 25.0. The molecule has 7 N–H and O–H groups in total. The van der Waals surface area contributed by atoms with Crippen LogP contribution in [0.25, 0.3) is 11.2 Å². The molecule has 0 bridgehead atoms. The molecule has 13 nitrogen and oxygen atoms in total. The smallest absolute Gasteiger partial charge is 0.326 e. The summed E-state index contributed by atoms with van der Waals surface area (Å²) in [5, 5.41) is 20.4. The minimum atomic E-state index is -1.30. The fourth-order valence-electron chi connectivity index (χ4n) is 3.38. The van der Waals surface area contributed by atoms with Crippen LogP contribution in [0.2, 0.25) is 0 Å². The summed E-state index contributed by atoms with van der Waals surface area (Å²) in [6, 6.07) is 3.61. The summed E-state index contributed by atoms with van der Waals surface area (Å²) >= 11 is 0. The van der Waals surface area contributed by atoms with Gasteiger partial charge in [0, 0.05) is 24.7 Å². The van der Waals surface area contributed by atoms with Gasteiger partial charge in [-0.15, -0.1) is 0 Å². The van der Waals surface area contributed by atoms with Crippen LogP contribution in [0, 0.1) is 6.92 Å². The zero-order valence-corrected chi connectivity index (χ0v) is 18.5. The van der Waals surface area contributed by atoms with Crippen LogP contribution in [0.1, 0.15) is 34.5 Å². The Labute approximate surface area is 193 Å². The summed E-state index contributed by atoms with van der Waals surface area (Å²) in [4.78, 5) is 53.1. The van der Waals surface area contributed by atoms with Gasteiger partial charge >= 0.3 is 11.9 Å². The number of anilines is 3. The summed E-state index contributed by atoms with van der Waals surface area (Å²) in [5.41, 5.74) is 14.5. The van der Waals surface area contributed by atoms with Crippen molar-refractivity contribution in [3.8, 4) is 0 Å². The molecule has 0 saturated heterocycles. The number of aromatic nitrogens is 4. The molecule has 0 aliphatic carbocycles. The number of nitrogens with one attached hydrogen (secondary N) is 1. The largest absolute Gasteiger partial charge is 0.481 e. The third-order valence-electron chi connectivity index (χ3n) is 5.02. The standard InChI is InChI=1S/C21H24N8O5/c1-10-7-11(19(32)26-13(20(33)34)4-6-15(30)31)3-5-14(10)29(2)9-12-8-24-18-16(25-12)17(22)27-21(23)28-18/h3,5,7-8,13H,4,6,9H2,1-2H3,(H,26,32)(H,30,31)(H,33,34)(H4,22,23,24,27,28). The number of nitrogen functional groups attached to an aromatic ring is 2. The molecular weight excluding hydrogens is 444 g/mol. The summed E-state index contributed by atoms with van der Waals surface area (Å²) in [5.74, 6) is -2.90. The number of amides is 1. The molecule has 0 fully saturated rings. The van der Waals surface area contributed by atoms with Crippen molar-refractivity contribution in [3.63, 3.8) is 0 Å². The monoisotopic (exact) mass is 468 g/mol. The average Bonchev–Trinajstić information content (AvgIpc) is 2.76. The van der Waals surface area contributed by atoms with E-state index in [9.17, 15) is 19.5 Å². The minimum absolute atomic E-state index is 0.0143. The van der Waals surface area contributed by atoms with Crippen molar-refractivity contribution < 1.29 is 24.6 Å². The van der Waals surface area contributed by atoms with Crippen LogP contribution in [0.5, 0.6) is 0 Å².